The Labute approximate surface area is 102 Å². The third kappa shape index (κ3) is 1.50. The number of pyridine rings is 1. The number of nitrogen functional groups attached to an aromatic ring is 1. The molecule has 0 aliphatic rings. The molecule has 3 rings (SSSR count). The summed E-state index contributed by atoms with van der Waals surface area (Å²) in [5.41, 5.74) is 1.72. The fraction of sp³-hybridized carbons (Fsp3) is 0. The molecule has 0 saturated heterocycles. The van der Waals surface area contributed by atoms with E-state index in [1.807, 2.05) is 30.3 Å². The number of H-pyrrole nitrogens is 1. The van der Waals surface area contributed by atoms with E-state index < -0.39 is 0 Å². The van der Waals surface area contributed by atoms with Gasteiger partial charge in [-0.3, -0.25) is 4.98 Å². The molecule has 6 heteroatoms. The summed E-state index contributed by atoms with van der Waals surface area (Å²) in [5, 5.41) is 7.82. The van der Waals surface area contributed by atoms with Crippen molar-refractivity contribution in [3.8, 4) is 11.4 Å². The van der Waals surface area contributed by atoms with Crippen LogP contribution in [0.3, 0.4) is 0 Å². The zero-order valence-electron chi connectivity index (χ0n) is 8.79. The third-order valence-electron chi connectivity index (χ3n) is 2.58. The maximum Gasteiger partial charge on any atom is 0.214 e. The molecule has 0 radical (unpaired) electrons. The van der Waals surface area contributed by atoms with Crippen LogP contribution in [0.15, 0.2) is 36.5 Å². The van der Waals surface area contributed by atoms with Crippen LogP contribution in [0.25, 0.3) is 22.3 Å². The molecule has 0 unspecified atom stereocenters. The summed E-state index contributed by atoms with van der Waals surface area (Å²) in [4.78, 5) is 4.35. The van der Waals surface area contributed by atoms with Crippen LogP contribution in [-0.4, -0.2) is 19.9 Å². The molecule has 2 heterocycles. The van der Waals surface area contributed by atoms with Crippen LogP contribution in [0.4, 0.5) is 0 Å². The number of hydrogen-bond acceptors (Lipinski definition) is 4. The van der Waals surface area contributed by atoms with E-state index in [9.17, 15) is 0 Å². The van der Waals surface area contributed by atoms with Crippen molar-refractivity contribution in [1.29, 1.82) is 0 Å². The molecule has 2 aromatic heterocycles. The predicted octanol–water partition coefficient (Wildman–Crippen LogP) is 1.87. The maximum atomic E-state index is 5.82. The van der Waals surface area contributed by atoms with Crippen LogP contribution < -0.4 is 5.84 Å². The minimum absolute atomic E-state index is 0.382. The first-order valence-corrected chi connectivity index (χ1v) is 5.45. The minimum Gasteiger partial charge on any atom is -0.335 e. The van der Waals surface area contributed by atoms with E-state index in [1.165, 1.54) is 4.68 Å². The van der Waals surface area contributed by atoms with Crippen LogP contribution in [0, 0.1) is 4.77 Å². The number of nitrogens with zero attached hydrogens (tertiary/aromatic N) is 3. The Balaban J connectivity index is 2.38. The summed E-state index contributed by atoms with van der Waals surface area (Å²) in [6, 6.07) is 9.74. The fourth-order valence-electron chi connectivity index (χ4n) is 1.78. The predicted molar refractivity (Wildman–Crippen MR) is 68.3 cm³/mol. The largest absolute Gasteiger partial charge is 0.335 e. The monoisotopic (exact) mass is 243 g/mol. The number of nitrogens with two attached hydrogens (primary N) is 1. The summed E-state index contributed by atoms with van der Waals surface area (Å²) in [6.45, 7) is 0. The van der Waals surface area contributed by atoms with Crippen LogP contribution in [0.2, 0.25) is 0 Å². The van der Waals surface area contributed by atoms with Gasteiger partial charge in [0.1, 0.15) is 0 Å². The molecule has 3 aromatic rings. The average molecular weight is 243 g/mol. The minimum atomic E-state index is 0.382. The van der Waals surface area contributed by atoms with Gasteiger partial charge in [-0.05, 0) is 24.4 Å². The lowest BCUT2D eigenvalue weighted by atomic mass is 10.1. The second-order valence-corrected chi connectivity index (χ2v) is 3.99. The standard InChI is InChI=1S/C11H9N5S/c12-16-10(14-15-11(16)17)8-5-1-3-7-4-2-6-13-9(7)8/h1-6H,12H2,(H,15,17). The van der Waals surface area contributed by atoms with Gasteiger partial charge < -0.3 is 5.84 Å². The molecule has 0 fully saturated rings. The lowest BCUT2D eigenvalue weighted by molar-refractivity contribution is 0.985. The number of rotatable bonds is 1. The number of hydrogen-bond donors (Lipinski definition) is 2. The number of nitrogens with one attached hydrogen (secondary N) is 1. The van der Waals surface area contributed by atoms with E-state index in [1.54, 1.807) is 6.20 Å². The molecule has 84 valence electrons. The Morgan fingerprint density at radius 3 is 2.82 bits per heavy atom. The second-order valence-electron chi connectivity index (χ2n) is 3.60. The number of para-hydroxylation sites is 1. The van der Waals surface area contributed by atoms with E-state index in [-0.39, 0.29) is 0 Å². The summed E-state index contributed by atoms with van der Waals surface area (Å²) >= 11 is 5.00. The molecule has 0 saturated carbocycles. The number of benzene rings is 1. The normalized spacial score (nSPS) is 10.8. The topological polar surface area (TPSA) is 72.5 Å². The molecule has 0 amide bonds. The molecular formula is C11H9N5S. The Morgan fingerprint density at radius 2 is 2.06 bits per heavy atom. The highest BCUT2D eigenvalue weighted by molar-refractivity contribution is 7.71. The third-order valence-corrected chi connectivity index (χ3v) is 2.87. The van der Waals surface area contributed by atoms with Gasteiger partial charge in [-0.2, -0.15) is 5.10 Å². The molecule has 0 bridgehead atoms. The van der Waals surface area contributed by atoms with Gasteiger partial charge in [0.2, 0.25) is 4.77 Å². The zero-order chi connectivity index (χ0) is 11.8. The summed E-state index contributed by atoms with van der Waals surface area (Å²) < 4.78 is 1.73. The van der Waals surface area contributed by atoms with Gasteiger partial charge >= 0.3 is 0 Å². The lowest BCUT2D eigenvalue weighted by Crippen LogP contribution is -2.10. The molecule has 0 spiro atoms. The van der Waals surface area contributed by atoms with Crippen LogP contribution in [0.1, 0.15) is 0 Å². The van der Waals surface area contributed by atoms with Crippen molar-refractivity contribution in [3.05, 3.63) is 41.3 Å². The highest BCUT2D eigenvalue weighted by Crippen LogP contribution is 2.24. The van der Waals surface area contributed by atoms with Gasteiger partial charge in [0.15, 0.2) is 5.82 Å². The van der Waals surface area contributed by atoms with Crippen LogP contribution in [0.5, 0.6) is 0 Å². The molecule has 0 atom stereocenters. The first-order valence-electron chi connectivity index (χ1n) is 5.04. The lowest BCUT2D eigenvalue weighted by Gasteiger charge is -2.04. The Kier molecular flexibility index (Phi) is 2.15. The number of fused-ring (bicyclic) bond motifs is 1. The smallest absolute Gasteiger partial charge is 0.214 e. The quantitative estimate of drug-likeness (QED) is 0.505. The van der Waals surface area contributed by atoms with Gasteiger partial charge in [-0.25, -0.2) is 9.77 Å². The molecule has 3 N–H and O–H groups in total. The summed E-state index contributed by atoms with van der Waals surface area (Å²) in [7, 11) is 0. The highest BCUT2D eigenvalue weighted by Gasteiger charge is 2.10. The molecule has 5 nitrogen and oxygen atoms in total. The van der Waals surface area contributed by atoms with Crippen molar-refractivity contribution in [2.45, 2.75) is 0 Å². The zero-order valence-corrected chi connectivity index (χ0v) is 9.61. The van der Waals surface area contributed by atoms with Crippen molar-refractivity contribution < 1.29 is 0 Å². The molecule has 17 heavy (non-hydrogen) atoms. The van der Waals surface area contributed by atoms with Gasteiger partial charge in [-0.15, -0.1) is 0 Å². The van der Waals surface area contributed by atoms with Gasteiger partial charge in [0.05, 0.1) is 5.52 Å². The van der Waals surface area contributed by atoms with E-state index in [0.717, 1.165) is 16.5 Å². The molecule has 0 aliphatic carbocycles. The van der Waals surface area contributed by atoms with Gasteiger partial charge in [0, 0.05) is 17.1 Å². The Morgan fingerprint density at radius 1 is 1.24 bits per heavy atom. The van der Waals surface area contributed by atoms with Crippen molar-refractivity contribution in [2.75, 3.05) is 5.84 Å². The first kappa shape index (κ1) is 9.98. The van der Waals surface area contributed by atoms with E-state index in [2.05, 4.69) is 15.2 Å². The van der Waals surface area contributed by atoms with E-state index in [0.29, 0.717) is 10.6 Å². The average Bonchev–Trinajstić information content (AvgIpc) is 2.69. The van der Waals surface area contributed by atoms with Crippen molar-refractivity contribution in [1.82, 2.24) is 19.9 Å². The Bertz CT molecular complexity index is 737. The van der Waals surface area contributed by atoms with E-state index >= 15 is 0 Å². The van der Waals surface area contributed by atoms with Gasteiger partial charge in [0.25, 0.3) is 0 Å². The van der Waals surface area contributed by atoms with Crippen LogP contribution >= 0.6 is 12.2 Å². The van der Waals surface area contributed by atoms with Crippen molar-refractivity contribution in [2.24, 2.45) is 0 Å². The highest BCUT2D eigenvalue weighted by atomic mass is 32.1. The molecule has 0 aliphatic heterocycles. The summed E-state index contributed by atoms with van der Waals surface area (Å²) in [5.74, 6) is 6.40. The van der Waals surface area contributed by atoms with Crippen LogP contribution in [-0.2, 0) is 0 Å². The van der Waals surface area contributed by atoms with E-state index in [4.69, 9.17) is 18.1 Å². The van der Waals surface area contributed by atoms with Crippen molar-refractivity contribution in [3.63, 3.8) is 0 Å². The molecular weight excluding hydrogens is 234 g/mol. The first-order chi connectivity index (χ1) is 8.27. The maximum absolute atomic E-state index is 5.82. The van der Waals surface area contributed by atoms with Gasteiger partial charge in [-0.1, -0.05) is 18.2 Å². The Hall–Kier alpha value is -2.21. The second kappa shape index (κ2) is 3.67. The summed E-state index contributed by atoms with van der Waals surface area (Å²) in [6.07, 6.45) is 1.74. The fourth-order valence-corrected chi connectivity index (χ4v) is 1.91. The number of aromatic amines is 1. The van der Waals surface area contributed by atoms with Crippen molar-refractivity contribution >= 4 is 23.1 Å². The number of aromatic nitrogens is 4. The molecule has 1 aromatic carbocycles. The SMILES string of the molecule is Nn1c(-c2cccc3cccnc23)n[nH]c1=S.